The average Bonchev–Trinajstić information content (AvgIpc) is 2.45. The third kappa shape index (κ3) is 6.35. The molecule has 0 saturated carbocycles. The van der Waals surface area contributed by atoms with Crippen LogP contribution in [0.4, 0.5) is 5.69 Å². The average molecular weight is 331 g/mol. The Kier molecular flexibility index (Phi) is 8.15. The van der Waals surface area contributed by atoms with E-state index >= 15 is 0 Å². The number of rotatable bonds is 9. The number of nitro groups is 1. The summed E-state index contributed by atoms with van der Waals surface area (Å²) in [5.74, 6) is 0.920. The zero-order chi connectivity index (χ0) is 15.7. The van der Waals surface area contributed by atoms with Gasteiger partial charge in [0, 0.05) is 18.2 Å². The van der Waals surface area contributed by atoms with Crippen molar-refractivity contribution in [3.05, 3.63) is 38.9 Å². The molecule has 1 aromatic rings. The molecule has 116 valence electrons. The zero-order valence-corrected chi connectivity index (χ0v) is 13.5. The van der Waals surface area contributed by atoms with Crippen LogP contribution >= 0.6 is 23.4 Å². The van der Waals surface area contributed by atoms with Crippen LogP contribution in [0, 0.1) is 10.1 Å². The van der Waals surface area contributed by atoms with Gasteiger partial charge in [0.05, 0.1) is 4.92 Å². The Bertz CT molecular complexity index is 497. The van der Waals surface area contributed by atoms with Crippen LogP contribution < -0.4 is 5.32 Å². The predicted octanol–water partition coefficient (Wildman–Crippen LogP) is 3.90. The molecule has 1 N–H and O–H groups in total. The van der Waals surface area contributed by atoms with E-state index in [1.54, 1.807) is 0 Å². The quantitative estimate of drug-likeness (QED) is 0.423. The molecular formula is C14H19ClN2O3S. The Labute approximate surface area is 133 Å². The molecule has 0 saturated heterocycles. The highest BCUT2D eigenvalue weighted by Crippen LogP contribution is 2.24. The van der Waals surface area contributed by atoms with E-state index in [0.29, 0.717) is 12.1 Å². The summed E-state index contributed by atoms with van der Waals surface area (Å²) in [6.45, 7) is 0.604. The largest absolute Gasteiger partial charge is 0.352 e. The molecule has 0 heterocycles. The second-order valence-corrected chi connectivity index (χ2v) is 5.98. The van der Waals surface area contributed by atoms with Crippen LogP contribution in [0.5, 0.6) is 0 Å². The van der Waals surface area contributed by atoms with Crippen LogP contribution in [0.2, 0.25) is 5.02 Å². The molecule has 0 aliphatic carbocycles. The van der Waals surface area contributed by atoms with E-state index in [-0.39, 0.29) is 16.6 Å². The molecule has 7 heteroatoms. The van der Waals surface area contributed by atoms with Gasteiger partial charge in [0.1, 0.15) is 5.02 Å². The van der Waals surface area contributed by atoms with Crippen molar-refractivity contribution < 1.29 is 9.72 Å². The maximum Gasteiger partial charge on any atom is 0.287 e. The Morgan fingerprint density at radius 2 is 2.05 bits per heavy atom. The number of nitrogens with one attached hydrogen (secondary N) is 1. The number of carbonyl (C=O) groups excluding carboxylic acids is 1. The molecule has 0 aliphatic heterocycles. The predicted molar refractivity (Wildman–Crippen MR) is 87.3 cm³/mol. The number of hydrogen-bond acceptors (Lipinski definition) is 4. The highest BCUT2D eigenvalue weighted by molar-refractivity contribution is 7.98. The first-order valence-electron chi connectivity index (χ1n) is 6.77. The Hall–Kier alpha value is -1.27. The van der Waals surface area contributed by atoms with Crippen LogP contribution in [0.3, 0.4) is 0 Å². The van der Waals surface area contributed by atoms with E-state index in [4.69, 9.17) is 11.6 Å². The standard InChI is InChI=1S/C14H19ClN2O3S/c1-21-9-5-3-2-4-8-16-14(18)11-6-7-13(17(19)20)12(15)10-11/h6-7,10H,2-5,8-9H2,1H3,(H,16,18). The van der Waals surface area contributed by atoms with Crippen LogP contribution in [-0.4, -0.2) is 29.4 Å². The molecule has 0 aromatic heterocycles. The van der Waals surface area contributed by atoms with E-state index in [1.165, 1.54) is 36.8 Å². The number of hydrogen-bond donors (Lipinski definition) is 1. The molecule has 0 unspecified atom stereocenters. The topological polar surface area (TPSA) is 72.2 Å². The molecule has 5 nitrogen and oxygen atoms in total. The van der Waals surface area contributed by atoms with Crippen molar-refractivity contribution in [2.45, 2.75) is 25.7 Å². The fourth-order valence-corrected chi connectivity index (χ4v) is 2.57. The van der Waals surface area contributed by atoms with E-state index in [0.717, 1.165) is 12.8 Å². The summed E-state index contributed by atoms with van der Waals surface area (Å²) in [5, 5.41) is 13.4. The van der Waals surface area contributed by atoms with E-state index in [1.807, 2.05) is 11.8 Å². The van der Waals surface area contributed by atoms with Crippen LogP contribution in [0.1, 0.15) is 36.0 Å². The van der Waals surface area contributed by atoms with Gasteiger partial charge in [-0.1, -0.05) is 24.4 Å². The van der Waals surface area contributed by atoms with Gasteiger partial charge in [-0.05, 0) is 37.0 Å². The summed E-state index contributed by atoms with van der Waals surface area (Å²) in [4.78, 5) is 21.9. The smallest absolute Gasteiger partial charge is 0.287 e. The first kappa shape index (κ1) is 17.8. The summed E-state index contributed by atoms with van der Waals surface area (Å²) in [6, 6.07) is 3.99. The second-order valence-electron chi connectivity index (χ2n) is 4.59. The number of halogens is 1. The van der Waals surface area contributed by atoms with E-state index in [9.17, 15) is 14.9 Å². The summed E-state index contributed by atoms with van der Waals surface area (Å²) in [7, 11) is 0. The SMILES string of the molecule is CSCCCCCCNC(=O)c1ccc([N+](=O)[O-])c(Cl)c1. The van der Waals surface area contributed by atoms with Crippen molar-refractivity contribution in [3.8, 4) is 0 Å². The van der Waals surface area contributed by atoms with Crippen molar-refractivity contribution in [2.24, 2.45) is 0 Å². The van der Waals surface area contributed by atoms with Crippen molar-refractivity contribution in [2.75, 3.05) is 18.6 Å². The van der Waals surface area contributed by atoms with Crippen LogP contribution in [0.15, 0.2) is 18.2 Å². The molecule has 1 aromatic carbocycles. The summed E-state index contributed by atoms with van der Waals surface area (Å²) < 4.78 is 0. The fraction of sp³-hybridized carbons (Fsp3) is 0.500. The second kappa shape index (κ2) is 9.63. The normalized spacial score (nSPS) is 10.4. The number of thioether (sulfide) groups is 1. The van der Waals surface area contributed by atoms with Crippen LogP contribution in [-0.2, 0) is 0 Å². The van der Waals surface area contributed by atoms with Gasteiger partial charge in [-0.3, -0.25) is 14.9 Å². The summed E-state index contributed by atoms with van der Waals surface area (Å²) in [6.07, 6.45) is 6.48. The Morgan fingerprint density at radius 3 is 2.67 bits per heavy atom. The van der Waals surface area contributed by atoms with Gasteiger partial charge in [-0.25, -0.2) is 0 Å². The third-order valence-electron chi connectivity index (χ3n) is 2.97. The molecule has 1 rings (SSSR count). The third-order valence-corrected chi connectivity index (χ3v) is 3.97. The molecule has 0 bridgehead atoms. The lowest BCUT2D eigenvalue weighted by Crippen LogP contribution is -2.24. The highest BCUT2D eigenvalue weighted by atomic mass is 35.5. The van der Waals surface area contributed by atoms with Crippen molar-refractivity contribution in [1.82, 2.24) is 5.32 Å². The van der Waals surface area contributed by atoms with Crippen LogP contribution in [0.25, 0.3) is 0 Å². The fourth-order valence-electron chi connectivity index (χ4n) is 1.83. The lowest BCUT2D eigenvalue weighted by atomic mass is 10.1. The molecule has 21 heavy (non-hydrogen) atoms. The summed E-state index contributed by atoms with van der Waals surface area (Å²) in [5.41, 5.74) is 0.148. The van der Waals surface area contributed by atoms with Gasteiger partial charge in [-0.2, -0.15) is 11.8 Å². The molecular weight excluding hydrogens is 312 g/mol. The minimum Gasteiger partial charge on any atom is -0.352 e. The number of unbranched alkanes of at least 4 members (excludes halogenated alkanes) is 3. The van der Waals surface area contributed by atoms with E-state index < -0.39 is 4.92 Å². The number of nitrogens with zero attached hydrogens (tertiary/aromatic N) is 1. The minimum atomic E-state index is -0.571. The zero-order valence-electron chi connectivity index (χ0n) is 11.9. The van der Waals surface area contributed by atoms with Crippen molar-refractivity contribution >= 4 is 35.0 Å². The molecule has 0 spiro atoms. The maximum absolute atomic E-state index is 11.9. The number of benzene rings is 1. The van der Waals surface area contributed by atoms with Gasteiger partial charge in [-0.15, -0.1) is 0 Å². The lowest BCUT2D eigenvalue weighted by molar-refractivity contribution is -0.384. The molecule has 0 radical (unpaired) electrons. The molecule has 0 aliphatic rings. The lowest BCUT2D eigenvalue weighted by Gasteiger charge is -2.06. The molecule has 0 fully saturated rings. The molecule has 1 amide bonds. The number of carbonyl (C=O) groups is 1. The highest BCUT2D eigenvalue weighted by Gasteiger charge is 2.14. The maximum atomic E-state index is 11.9. The Balaban J connectivity index is 2.35. The van der Waals surface area contributed by atoms with Gasteiger partial charge >= 0.3 is 0 Å². The number of amides is 1. The van der Waals surface area contributed by atoms with Gasteiger partial charge in [0.15, 0.2) is 0 Å². The van der Waals surface area contributed by atoms with Gasteiger partial charge in [0.25, 0.3) is 11.6 Å². The van der Waals surface area contributed by atoms with Gasteiger partial charge < -0.3 is 5.32 Å². The monoisotopic (exact) mass is 330 g/mol. The van der Waals surface area contributed by atoms with E-state index in [2.05, 4.69) is 11.6 Å². The molecule has 0 atom stereocenters. The van der Waals surface area contributed by atoms with Crippen molar-refractivity contribution in [3.63, 3.8) is 0 Å². The summed E-state index contributed by atoms with van der Waals surface area (Å²) >= 11 is 7.62. The van der Waals surface area contributed by atoms with Gasteiger partial charge in [0.2, 0.25) is 0 Å². The first-order chi connectivity index (χ1) is 10.1. The van der Waals surface area contributed by atoms with Crippen molar-refractivity contribution in [1.29, 1.82) is 0 Å². The Morgan fingerprint density at radius 1 is 1.33 bits per heavy atom. The minimum absolute atomic E-state index is 0.0234. The number of nitro benzene ring substituents is 1. The first-order valence-corrected chi connectivity index (χ1v) is 8.54.